The van der Waals surface area contributed by atoms with Crippen LogP contribution in [0.3, 0.4) is 0 Å². The number of hydrogen-bond acceptors (Lipinski definition) is 1. The Morgan fingerprint density at radius 2 is 1.23 bits per heavy atom. The van der Waals surface area contributed by atoms with E-state index in [1.807, 2.05) is 24.3 Å². The van der Waals surface area contributed by atoms with Gasteiger partial charge in [-0.15, -0.1) is 0 Å². The third kappa shape index (κ3) is 5.47. The van der Waals surface area contributed by atoms with Gasteiger partial charge in [0.1, 0.15) is 0 Å². The van der Waals surface area contributed by atoms with Crippen molar-refractivity contribution in [3.63, 3.8) is 0 Å². The molecule has 0 radical (unpaired) electrons. The lowest BCUT2D eigenvalue weighted by Crippen LogP contribution is -2.01. The largest absolute Gasteiger partial charge is 0.490 e. The Bertz CT molecular complexity index is 930. The number of unbranched alkanes of at least 4 members (excludes halogenated alkanes) is 3. The van der Waals surface area contributed by atoms with E-state index in [1.54, 1.807) is 6.07 Å². The number of halogens is 2. The zero-order valence-electron chi connectivity index (χ0n) is 17.9. The van der Waals surface area contributed by atoms with Gasteiger partial charge in [-0.3, -0.25) is 0 Å². The van der Waals surface area contributed by atoms with Crippen molar-refractivity contribution in [3.05, 3.63) is 77.9 Å². The molecule has 3 heteroatoms. The standard InChI is InChI=1S/C27H30F2O/c1-3-5-7-19-30-25-18-17-24(26(28)27(25)29)23-15-13-22(14-16-23)21-11-9-20(10-12-21)8-6-4-2/h9-18H,3-8,19H2,1-2H3. The van der Waals surface area contributed by atoms with Crippen LogP contribution in [-0.4, -0.2) is 6.61 Å². The second-order valence-corrected chi connectivity index (χ2v) is 7.67. The molecule has 158 valence electrons. The maximum absolute atomic E-state index is 14.6. The average Bonchev–Trinajstić information content (AvgIpc) is 2.78. The fourth-order valence-electron chi connectivity index (χ4n) is 3.49. The molecule has 0 amide bonds. The van der Waals surface area contributed by atoms with Crippen LogP contribution in [0.1, 0.15) is 51.5 Å². The lowest BCUT2D eigenvalue weighted by molar-refractivity contribution is 0.286. The molecule has 0 saturated carbocycles. The van der Waals surface area contributed by atoms with Gasteiger partial charge in [-0.1, -0.05) is 81.6 Å². The molecule has 0 aromatic heterocycles. The van der Waals surface area contributed by atoms with E-state index in [-0.39, 0.29) is 11.3 Å². The van der Waals surface area contributed by atoms with Crippen molar-refractivity contribution in [1.82, 2.24) is 0 Å². The van der Waals surface area contributed by atoms with E-state index in [1.165, 1.54) is 24.5 Å². The van der Waals surface area contributed by atoms with E-state index in [4.69, 9.17) is 4.74 Å². The molecule has 3 aromatic carbocycles. The quantitative estimate of drug-likeness (QED) is 0.307. The molecular weight excluding hydrogens is 378 g/mol. The molecule has 0 saturated heterocycles. The average molecular weight is 409 g/mol. The number of aryl methyl sites for hydroxylation is 1. The Balaban J connectivity index is 1.73. The van der Waals surface area contributed by atoms with Gasteiger partial charge in [-0.05, 0) is 53.6 Å². The zero-order valence-corrected chi connectivity index (χ0v) is 17.9. The summed E-state index contributed by atoms with van der Waals surface area (Å²) >= 11 is 0. The van der Waals surface area contributed by atoms with Gasteiger partial charge in [0.2, 0.25) is 5.82 Å². The molecular formula is C27H30F2O. The summed E-state index contributed by atoms with van der Waals surface area (Å²) in [6.45, 7) is 4.68. The predicted molar refractivity (Wildman–Crippen MR) is 121 cm³/mol. The summed E-state index contributed by atoms with van der Waals surface area (Å²) in [4.78, 5) is 0. The summed E-state index contributed by atoms with van der Waals surface area (Å²) in [7, 11) is 0. The van der Waals surface area contributed by atoms with Crippen molar-refractivity contribution in [2.75, 3.05) is 6.61 Å². The Hall–Kier alpha value is -2.68. The summed E-state index contributed by atoms with van der Waals surface area (Å²) < 4.78 is 34.5. The van der Waals surface area contributed by atoms with Crippen LogP contribution in [0, 0.1) is 11.6 Å². The van der Waals surface area contributed by atoms with Crippen LogP contribution in [0.15, 0.2) is 60.7 Å². The summed E-state index contributed by atoms with van der Waals surface area (Å²) in [6, 6.07) is 19.2. The van der Waals surface area contributed by atoms with Crippen molar-refractivity contribution in [3.8, 4) is 28.0 Å². The van der Waals surface area contributed by atoms with Crippen LogP contribution in [0.4, 0.5) is 8.78 Å². The SMILES string of the molecule is CCCCCOc1ccc(-c2ccc(-c3ccc(CCCC)cc3)cc2)c(F)c1F. The molecule has 0 fully saturated rings. The Labute approximate surface area is 178 Å². The minimum absolute atomic E-state index is 0.0212. The highest BCUT2D eigenvalue weighted by Gasteiger charge is 2.16. The maximum atomic E-state index is 14.6. The normalized spacial score (nSPS) is 10.9. The molecule has 0 bridgehead atoms. The summed E-state index contributed by atoms with van der Waals surface area (Å²) in [5, 5.41) is 0. The maximum Gasteiger partial charge on any atom is 0.201 e. The van der Waals surface area contributed by atoms with Crippen molar-refractivity contribution in [2.45, 2.75) is 52.4 Å². The third-order valence-electron chi connectivity index (χ3n) is 5.35. The minimum Gasteiger partial charge on any atom is -0.490 e. The Morgan fingerprint density at radius 3 is 1.87 bits per heavy atom. The number of benzene rings is 3. The van der Waals surface area contributed by atoms with Crippen LogP contribution in [-0.2, 0) is 6.42 Å². The highest BCUT2D eigenvalue weighted by Crippen LogP contribution is 2.31. The molecule has 3 rings (SSSR count). The fourth-order valence-corrected chi connectivity index (χ4v) is 3.49. The van der Waals surface area contributed by atoms with E-state index in [9.17, 15) is 8.78 Å². The summed E-state index contributed by atoms with van der Waals surface area (Å²) in [5.74, 6) is -1.81. The molecule has 0 N–H and O–H groups in total. The smallest absolute Gasteiger partial charge is 0.201 e. The topological polar surface area (TPSA) is 9.23 Å². The first kappa shape index (κ1) is 22.0. The summed E-state index contributed by atoms with van der Waals surface area (Å²) in [6.07, 6.45) is 6.37. The first-order chi connectivity index (χ1) is 14.6. The van der Waals surface area contributed by atoms with Gasteiger partial charge in [0.05, 0.1) is 6.61 Å². The van der Waals surface area contributed by atoms with Gasteiger partial charge in [0, 0.05) is 5.56 Å². The highest BCUT2D eigenvalue weighted by molar-refractivity contribution is 5.71. The van der Waals surface area contributed by atoms with Gasteiger partial charge in [-0.2, -0.15) is 4.39 Å². The van der Waals surface area contributed by atoms with Gasteiger partial charge in [-0.25, -0.2) is 4.39 Å². The molecule has 0 aliphatic carbocycles. The second-order valence-electron chi connectivity index (χ2n) is 7.67. The van der Waals surface area contributed by atoms with Crippen molar-refractivity contribution in [1.29, 1.82) is 0 Å². The van der Waals surface area contributed by atoms with Crippen LogP contribution < -0.4 is 4.74 Å². The number of ether oxygens (including phenoxy) is 1. The molecule has 30 heavy (non-hydrogen) atoms. The van der Waals surface area contributed by atoms with E-state index < -0.39 is 11.6 Å². The van der Waals surface area contributed by atoms with Crippen LogP contribution in [0.2, 0.25) is 0 Å². The van der Waals surface area contributed by atoms with Crippen molar-refractivity contribution >= 4 is 0 Å². The van der Waals surface area contributed by atoms with Crippen LogP contribution in [0.5, 0.6) is 5.75 Å². The Morgan fingerprint density at radius 1 is 0.633 bits per heavy atom. The Kier molecular flexibility index (Phi) is 8.01. The second kappa shape index (κ2) is 10.9. The van der Waals surface area contributed by atoms with E-state index in [0.29, 0.717) is 12.2 Å². The first-order valence-electron chi connectivity index (χ1n) is 10.9. The fraction of sp³-hybridized carbons (Fsp3) is 0.333. The summed E-state index contributed by atoms with van der Waals surface area (Å²) in [5.41, 5.74) is 4.40. The lowest BCUT2D eigenvalue weighted by Gasteiger charge is -2.11. The third-order valence-corrected chi connectivity index (χ3v) is 5.35. The van der Waals surface area contributed by atoms with Crippen molar-refractivity contribution in [2.24, 2.45) is 0 Å². The van der Waals surface area contributed by atoms with Gasteiger partial charge < -0.3 is 4.74 Å². The highest BCUT2D eigenvalue weighted by atomic mass is 19.2. The molecule has 1 nitrogen and oxygen atoms in total. The minimum atomic E-state index is -0.921. The molecule has 0 atom stereocenters. The monoisotopic (exact) mass is 408 g/mol. The molecule has 0 heterocycles. The van der Waals surface area contributed by atoms with Gasteiger partial charge >= 0.3 is 0 Å². The van der Waals surface area contributed by atoms with Crippen LogP contribution >= 0.6 is 0 Å². The number of rotatable bonds is 10. The van der Waals surface area contributed by atoms with E-state index in [2.05, 4.69) is 38.1 Å². The van der Waals surface area contributed by atoms with E-state index >= 15 is 0 Å². The lowest BCUT2D eigenvalue weighted by atomic mass is 9.98. The molecule has 0 spiro atoms. The molecule has 3 aromatic rings. The first-order valence-corrected chi connectivity index (χ1v) is 10.9. The number of hydrogen-bond donors (Lipinski definition) is 0. The van der Waals surface area contributed by atoms with Gasteiger partial charge in [0.15, 0.2) is 11.6 Å². The predicted octanol–water partition coefficient (Wildman–Crippen LogP) is 8.21. The molecule has 0 aliphatic heterocycles. The van der Waals surface area contributed by atoms with Crippen LogP contribution in [0.25, 0.3) is 22.3 Å². The zero-order chi connectivity index (χ0) is 21.3. The van der Waals surface area contributed by atoms with E-state index in [0.717, 1.165) is 36.8 Å². The van der Waals surface area contributed by atoms with Crippen molar-refractivity contribution < 1.29 is 13.5 Å². The molecule has 0 unspecified atom stereocenters. The van der Waals surface area contributed by atoms with Gasteiger partial charge in [0.25, 0.3) is 0 Å². The molecule has 0 aliphatic rings.